The Morgan fingerprint density at radius 3 is 2.53 bits per heavy atom. The second-order valence-electron chi connectivity index (χ2n) is 8.39. The van der Waals surface area contributed by atoms with E-state index in [-0.39, 0.29) is 17.3 Å². The van der Waals surface area contributed by atoms with E-state index >= 15 is 0 Å². The number of nitrogens with one attached hydrogen (secondary N) is 1. The second kappa shape index (κ2) is 10.1. The summed E-state index contributed by atoms with van der Waals surface area (Å²) in [5.74, 6) is 0.576. The van der Waals surface area contributed by atoms with Crippen LogP contribution in [0.15, 0.2) is 58.6 Å². The molecular weight excluding hydrogens is 420 g/mol. The first kappa shape index (κ1) is 22.3. The molecule has 32 heavy (non-hydrogen) atoms. The average molecular weight is 449 g/mol. The third kappa shape index (κ3) is 5.27. The van der Waals surface area contributed by atoms with E-state index in [0.29, 0.717) is 17.5 Å². The predicted molar refractivity (Wildman–Crippen MR) is 128 cm³/mol. The number of fused-ring (bicyclic) bond motifs is 1. The van der Waals surface area contributed by atoms with Crippen molar-refractivity contribution in [2.45, 2.75) is 57.0 Å². The zero-order valence-corrected chi connectivity index (χ0v) is 19.3. The van der Waals surface area contributed by atoms with Crippen LogP contribution in [0.4, 0.5) is 5.69 Å². The topological polar surface area (TPSA) is 76.9 Å². The molecular formula is C25H28N4O2S. The maximum atomic E-state index is 12.9. The molecule has 7 heteroatoms. The number of thioether (sulfide) groups is 1. The molecule has 6 nitrogen and oxygen atoms in total. The fourth-order valence-corrected chi connectivity index (χ4v) is 4.86. The third-order valence-corrected chi connectivity index (χ3v) is 6.76. The Morgan fingerprint density at radius 2 is 1.81 bits per heavy atom. The highest BCUT2D eigenvalue weighted by molar-refractivity contribution is 8.00. The van der Waals surface area contributed by atoms with Gasteiger partial charge in [0.1, 0.15) is 5.03 Å². The number of hydrogen-bond acceptors (Lipinski definition) is 5. The lowest BCUT2D eigenvalue weighted by atomic mass is 9.97. The van der Waals surface area contributed by atoms with Gasteiger partial charge in [-0.2, -0.15) is 4.98 Å². The van der Waals surface area contributed by atoms with Gasteiger partial charge < -0.3 is 5.32 Å². The van der Waals surface area contributed by atoms with E-state index in [9.17, 15) is 9.59 Å². The smallest absolute Gasteiger partial charge is 0.325 e. The van der Waals surface area contributed by atoms with Crippen molar-refractivity contribution in [3.8, 4) is 0 Å². The van der Waals surface area contributed by atoms with E-state index in [4.69, 9.17) is 0 Å². The van der Waals surface area contributed by atoms with Crippen LogP contribution < -0.4 is 11.0 Å². The number of hydrogen-bond donors (Lipinski definition) is 1. The van der Waals surface area contributed by atoms with Gasteiger partial charge in [-0.25, -0.2) is 4.79 Å². The van der Waals surface area contributed by atoms with E-state index < -0.39 is 0 Å². The van der Waals surface area contributed by atoms with Gasteiger partial charge in [0.25, 0.3) is 0 Å². The molecule has 0 saturated carbocycles. The van der Waals surface area contributed by atoms with Crippen molar-refractivity contribution in [2.24, 2.45) is 0 Å². The lowest BCUT2D eigenvalue weighted by Crippen LogP contribution is -2.30. The molecule has 0 radical (unpaired) electrons. The van der Waals surface area contributed by atoms with Gasteiger partial charge in [0, 0.05) is 29.3 Å². The molecule has 0 fully saturated rings. The molecule has 2 heterocycles. The molecule has 0 atom stereocenters. The van der Waals surface area contributed by atoms with Gasteiger partial charge in [-0.05, 0) is 67.0 Å². The molecule has 1 aromatic carbocycles. The van der Waals surface area contributed by atoms with Gasteiger partial charge in [-0.15, -0.1) is 0 Å². The highest BCUT2D eigenvalue weighted by Gasteiger charge is 2.21. The number of anilines is 1. The van der Waals surface area contributed by atoms with Gasteiger partial charge in [-0.1, -0.05) is 37.7 Å². The highest BCUT2D eigenvalue weighted by atomic mass is 32.2. The summed E-state index contributed by atoms with van der Waals surface area (Å²) >= 11 is 1.35. The van der Waals surface area contributed by atoms with Crippen LogP contribution in [0.1, 0.15) is 55.0 Å². The number of carbonyl (C=O) groups excluding carboxylic acids is 1. The average Bonchev–Trinajstić information content (AvgIpc) is 2.81. The Kier molecular flexibility index (Phi) is 7.05. The second-order valence-corrected chi connectivity index (χ2v) is 9.35. The SMILES string of the molecule is CC(C)c1ccc(NC(=O)CSc2nc(=O)n(Cc3ccncc3)c3c2CCCC3)cc1. The van der Waals surface area contributed by atoms with E-state index in [0.717, 1.165) is 48.2 Å². The highest BCUT2D eigenvalue weighted by Crippen LogP contribution is 2.29. The lowest BCUT2D eigenvalue weighted by molar-refractivity contribution is -0.113. The number of nitrogens with zero attached hydrogens (tertiary/aromatic N) is 3. The number of pyridine rings is 1. The summed E-state index contributed by atoms with van der Waals surface area (Å²) in [6.07, 6.45) is 7.35. The zero-order chi connectivity index (χ0) is 22.5. The first-order chi connectivity index (χ1) is 15.5. The molecule has 3 aromatic rings. The van der Waals surface area contributed by atoms with E-state index in [2.05, 4.69) is 29.1 Å². The summed E-state index contributed by atoms with van der Waals surface area (Å²) in [4.78, 5) is 33.8. The van der Waals surface area contributed by atoms with Gasteiger partial charge >= 0.3 is 5.69 Å². The van der Waals surface area contributed by atoms with Crippen molar-refractivity contribution in [1.82, 2.24) is 14.5 Å². The minimum absolute atomic E-state index is 0.0976. The van der Waals surface area contributed by atoms with Crippen LogP contribution in [0, 0.1) is 0 Å². The predicted octanol–water partition coefficient (Wildman–Crippen LogP) is 4.42. The largest absolute Gasteiger partial charge is 0.349 e. The minimum Gasteiger partial charge on any atom is -0.325 e. The maximum absolute atomic E-state index is 12.9. The minimum atomic E-state index is -0.255. The van der Waals surface area contributed by atoms with Crippen LogP contribution in [-0.2, 0) is 24.2 Å². The number of rotatable bonds is 7. The normalized spacial score (nSPS) is 13.1. The van der Waals surface area contributed by atoms with E-state index in [1.165, 1.54) is 17.3 Å². The van der Waals surface area contributed by atoms with Crippen molar-refractivity contribution in [3.05, 3.63) is 81.7 Å². The molecule has 1 aliphatic rings. The van der Waals surface area contributed by atoms with Gasteiger partial charge in [0.2, 0.25) is 5.91 Å². The number of benzene rings is 1. The Morgan fingerprint density at radius 1 is 1.09 bits per heavy atom. The summed E-state index contributed by atoms with van der Waals surface area (Å²) in [6, 6.07) is 11.8. The molecule has 1 N–H and O–H groups in total. The molecule has 1 amide bonds. The van der Waals surface area contributed by atoms with Crippen molar-refractivity contribution in [2.75, 3.05) is 11.1 Å². The monoisotopic (exact) mass is 448 g/mol. The summed E-state index contributed by atoms with van der Waals surface area (Å²) in [6.45, 7) is 4.78. The quantitative estimate of drug-likeness (QED) is 0.428. The van der Waals surface area contributed by atoms with E-state index in [1.54, 1.807) is 17.0 Å². The summed E-state index contributed by atoms with van der Waals surface area (Å²) in [5.41, 5.74) is 4.96. The summed E-state index contributed by atoms with van der Waals surface area (Å²) in [5, 5.41) is 3.64. The number of amides is 1. The number of carbonyl (C=O) groups is 1. The first-order valence-corrected chi connectivity index (χ1v) is 12.0. The Balaban J connectivity index is 1.48. The zero-order valence-electron chi connectivity index (χ0n) is 18.5. The van der Waals surface area contributed by atoms with Gasteiger partial charge in [0.15, 0.2) is 0 Å². The standard InChI is InChI=1S/C25H28N4O2S/c1-17(2)19-7-9-20(10-8-19)27-23(30)16-32-24-21-5-3-4-6-22(21)29(25(31)28-24)15-18-11-13-26-14-12-18/h7-14,17H,3-6,15-16H2,1-2H3,(H,27,30). The van der Waals surface area contributed by atoms with Crippen LogP contribution in [0.2, 0.25) is 0 Å². The van der Waals surface area contributed by atoms with Crippen molar-refractivity contribution in [3.63, 3.8) is 0 Å². The van der Waals surface area contributed by atoms with Gasteiger partial charge in [0.05, 0.1) is 12.3 Å². The summed E-state index contributed by atoms with van der Waals surface area (Å²) in [7, 11) is 0. The fourth-order valence-electron chi connectivity index (χ4n) is 3.98. The van der Waals surface area contributed by atoms with Crippen molar-refractivity contribution >= 4 is 23.4 Å². The van der Waals surface area contributed by atoms with Crippen LogP contribution in [0.25, 0.3) is 0 Å². The molecule has 166 valence electrons. The molecule has 1 aliphatic carbocycles. The lowest BCUT2D eigenvalue weighted by Gasteiger charge is -2.22. The van der Waals surface area contributed by atoms with Crippen LogP contribution in [0.3, 0.4) is 0 Å². The Hall–Kier alpha value is -2.93. The van der Waals surface area contributed by atoms with Crippen molar-refractivity contribution in [1.29, 1.82) is 0 Å². The first-order valence-electron chi connectivity index (χ1n) is 11.1. The van der Waals surface area contributed by atoms with E-state index in [1.807, 2.05) is 36.4 Å². The Labute approximate surface area is 192 Å². The maximum Gasteiger partial charge on any atom is 0.349 e. The molecule has 0 saturated heterocycles. The van der Waals surface area contributed by atoms with Crippen LogP contribution in [-0.4, -0.2) is 26.2 Å². The molecule has 2 aromatic heterocycles. The van der Waals surface area contributed by atoms with Gasteiger partial charge in [-0.3, -0.25) is 14.3 Å². The molecule has 0 aliphatic heterocycles. The molecule has 0 spiro atoms. The van der Waals surface area contributed by atoms with Crippen LogP contribution in [0.5, 0.6) is 0 Å². The molecule has 0 bridgehead atoms. The van der Waals surface area contributed by atoms with Crippen LogP contribution >= 0.6 is 11.8 Å². The van der Waals surface area contributed by atoms with Crippen molar-refractivity contribution < 1.29 is 4.79 Å². The Bertz CT molecular complexity index is 1140. The molecule has 4 rings (SSSR count). The summed E-state index contributed by atoms with van der Waals surface area (Å²) < 4.78 is 1.78. The fraction of sp³-hybridized carbons (Fsp3) is 0.360. The number of aromatic nitrogens is 3. The molecule has 0 unspecified atom stereocenters. The third-order valence-electron chi connectivity index (χ3n) is 5.74.